The number of hydrogen-bond acceptors (Lipinski definition) is 7. The summed E-state index contributed by atoms with van der Waals surface area (Å²) in [7, 11) is 1.50. The maximum atomic E-state index is 13.4. The second-order valence-electron chi connectivity index (χ2n) is 6.99. The molecule has 2 amide bonds. The van der Waals surface area contributed by atoms with E-state index in [4.69, 9.17) is 9.59 Å². The molecule has 0 aliphatic rings. The van der Waals surface area contributed by atoms with Gasteiger partial charge in [-0.3, -0.25) is 19.7 Å². The lowest BCUT2D eigenvalue weighted by molar-refractivity contribution is -0.384. The first-order chi connectivity index (χ1) is 18.3. The van der Waals surface area contributed by atoms with Crippen LogP contribution in [0.25, 0.3) is 11.1 Å². The molecule has 10 nitrogen and oxygen atoms in total. The van der Waals surface area contributed by atoms with Crippen molar-refractivity contribution in [2.75, 3.05) is 18.9 Å². The van der Waals surface area contributed by atoms with Gasteiger partial charge in [0.2, 0.25) is 5.91 Å². The standard InChI is InChI=1S/C23H19F2N3O4.CH5N.2CH2O/c1-14-4-2-3-5-17(14)15-6-8-16(9-7-15)23(30)26-11-10-22(29)27-20-12-18(24)19(25)13-21(20)28(31)32;3*1-2/h2-9,12-13H,10-11H2,1H3,(H,26,30)(H,27,29);2H2,1H3;2*1H2. The lowest BCUT2D eigenvalue weighted by Gasteiger charge is -2.09. The molecule has 0 unspecified atom stereocenters. The number of nitro benzene ring substituents is 1. The van der Waals surface area contributed by atoms with Crippen LogP contribution in [0.1, 0.15) is 22.3 Å². The highest BCUT2D eigenvalue weighted by Gasteiger charge is 2.20. The third kappa shape index (κ3) is 9.66. The number of amides is 2. The Balaban J connectivity index is 0.00000213. The summed E-state index contributed by atoms with van der Waals surface area (Å²) < 4.78 is 26.6. The lowest BCUT2D eigenvalue weighted by atomic mass is 9.99. The topological polar surface area (TPSA) is 162 Å². The first kappa shape index (κ1) is 33.2. The highest BCUT2D eigenvalue weighted by molar-refractivity contribution is 5.96. The van der Waals surface area contributed by atoms with Crippen LogP contribution in [0, 0.1) is 28.7 Å². The maximum Gasteiger partial charge on any atom is 0.295 e. The summed E-state index contributed by atoms with van der Waals surface area (Å²) >= 11 is 0. The molecule has 0 bridgehead atoms. The average Bonchev–Trinajstić information content (AvgIpc) is 2.94. The summed E-state index contributed by atoms with van der Waals surface area (Å²) in [6.45, 7) is 5.94. The molecule has 4 N–H and O–H groups in total. The van der Waals surface area contributed by atoms with Gasteiger partial charge in [0.05, 0.1) is 11.0 Å². The molecule has 0 aliphatic carbocycles. The Labute approximate surface area is 218 Å². The van der Waals surface area contributed by atoms with E-state index >= 15 is 0 Å². The predicted molar refractivity (Wildman–Crippen MR) is 140 cm³/mol. The van der Waals surface area contributed by atoms with Gasteiger partial charge in [-0.2, -0.15) is 0 Å². The summed E-state index contributed by atoms with van der Waals surface area (Å²) in [6, 6.07) is 15.8. The van der Waals surface area contributed by atoms with Crippen LogP contribution in [0.3, 0.4) is 0 Å². The molecule has 0 fully saturated rings. The summed E-state index contributed by atoms with van der Waals surface area (Å²) in [5.41, 5.74) is 6.80. The lowest BCUT2D eigenvalue weighted by Crippen LogP contribution is -2.27. The minimum absolute atomic E-state index is 0.0539. The van der Waals surface area contributed by atoms with Gasteiger partial charge in [0.1, 0.15) is 19.3 Å². The molecule has 3 aromatic rings. The molecule has 3 rings (SSSR count). The van der Waals surface area contributed by atoms with Gasteiger partial charge in [0.15, 0.2) is 11.6 Å². The molecule has 38 heavy (non-hydrogen) atoms. The SMILES string of the molecule is C=O.C=O.CN.Cc1ccccc1-c1ccc(C(=O)NCCC(=O)Nc2cc(F)c(F)cc2[N+](=O)[O-])cc1. The van der Waals surface area contributed by atoms with Crippen LogP contribution >= 0.6 is 0 Å². The van der Waals surface area contributed by atoms with Gasteiger partial charge in [0.25, 0.3) is 11.6 Å². The Morgan fingerprint density at radius 2 is 1.50 bits per heavy atom. The number of anilines is 1. The Hall–Kier alpha value is -4.84. The fourth-order valence-electron chi connectivity index (χ4n) is 3.09. The summed E-state index contributed by atoms with van der Waals surface area (Å²) in [5, 5.41) is 15.7. The van der Waals surface area contributed by atoms with Gasteiger partial charge in [0, 0.05) is 24.6 Å². The van der Waals surface area contributed by atoms with Crippen LogP contribution in [0.15, 0.2) is 60.7 Å². The summed E-state index contributed by atoms with van der Waals surface area (Å²) in [4.78, 5) is 50.4. The number of rotatable bonds is 7. The maximum absolute atomic E-state index is 13.4. The van der Waals surface area contributed by atoms with Crippen LogP contribution in [-0.2, 0) is 14.4 Å². The van der Waals surface area contributed by atoms with E-state index < -0.39 is 39.7 Å². The van der Waals surface area contributed by atoms with Crippen molar-refractivity contribution in [2.45, 2.75) is 13.3 Å². The molecule has 0 atom stereocenters. The number of aryl methyl sites for hydroxylation is 1. The normalized spacial score (nSPS) is 9.18. The van der Waals surface area contributed by atoms with Crippen LogP contribution in [0.5, 0.6) is 0 Å². The molecule has 3 aromatic carbocycles. The molecular formula is C26H28F2N4O6. The van der Waals surface area contributed by atoms with E-state index in [0.29, 0.717) is 17.7 Å². The molecule has 0 aromatic heterocycles. The monoisotopic (exact) mass is 530 g/mol. The number of carbonyl (C=O) groups excluding carboxylic acids is 4. The first-order valence-corrected chi connectivity index (χ1v) is 10.8. The largest absolute Gasteiger partial charge is 0.352 e. The third-order valence-corrected chi connectivity index (χ3v) is 4.75. The summed E-state index contributed by atoms with van der Waals surface area (Å²) in [5.74, 6) is -3.81. The van der Waals surface area contributed by atoms with Crippen molar-refractivity contribution >= 4 is 36.8 Å². The molecule has 0 aliphatic heterocycles. The Kier molecular flexibility index (Phi) is 15.3. The fourth-order valence-corrected chi connectivity index (χ4v) is 3.09. The highest BCUT2D eigenvalue weighted by Crippen LogP contribution is 2.27. The minimum atomic E-state index is -1.39. The van der Waals surface area contributed by atoms with Gasteiger partial charge in [-0.05, 0) is 42.8 Å². The molecule has 0 spiro atoms. The Morgan fingerprint density at radius 3 is 2.05 bits per heavy atom. The third-order valence-electron chi connectivity index (χ3n) is 4.75. The van der Waals surface area contributed by atoms with Gasteiger partial charge in [-0.1, -0.05) is 36.4 Å². The Bertz CT molecular complexity index is 1220. The molecule has 0 radical (unpaired) electrons. The molecule has 202 valence electrons. The van der Waals surface area contributed by atoms with Crippen molar-refractivity contribution in [3.8, 4) is 11.1 Å². The number of nitro groups is 1. The number of nitrogens with two attached hydrogens (primary N) is 1. The van der Waals surface area contributed by atoms with Gasteiger partial charge in [-0.15, -0.1) is 0 Å². The second-order valence-corrected chi connectivity index (χ2v) is 6.99. The minimum Gasteiger partial charge on any atom is -0.352 e. The molecule has 0 heterocycles. The van der Waals surface area contributed by atoms with E-state index in [0.717, 1.165) is 16.7 Å². The number of halogens is 2. The van der Waals surface area contributed by atoms with Crippen LogP contribution in [0.4, 0.5) is 20.2 Å². The zero-order chi connectivity index (χ0) is 29.3. The van der Waals surface area contributed by atoms with Gasteiger partial charge in [-0.25, -0.2) is 8.78 Å². The van der Waals surface area contributed by atoms with Crippen molar-refractivity contribution in [2.24, 2.45) is 5.73 Å². The van der Waals surface area contributed by atoms with E-state index in [-0.39, 0.29) is 13.0 Å². The second kappa shape index (κ2) is 17.6. The van der Waals surface area contributed by atoms with Crippen molar-refractivity contribution in [3.63, 3.8) is 0 Å². The van der Waals surface area contributed by atoms with Crippen molar-refractivity contribution in [3.05, 3.63) is 93.5 Å². The highest BCUT2D eigenvalue weighted by atomic mass is 19.2. The summed E-state index contributed by atoms with van der Waals surface area (Å²) in [6.07, 6.45) is -0.219. The average molecular weight is 531 g/mol. The fraction of sp³-hybridized carbons (Fsp3) is 0.154. The van der Waals surface area contributed by atoms with E-state index in [9.17, 15) is 28.5 Å². The van der Waals surface area contributed by atoms with Gasteiger partial charge >= 0.3 is 0 Å². The van der Waals surface area contributed by atoms with Crippen molar-refractivity contribution < 1.29 is 32.9 Å². The Morgan fingerprint density at radius 1 is 0.947 bits per heavy atom. The first-order valence-electron chi connectivity index (χ1n) is 10.8. The molecule has 0 saturated heterocycles. The van der Waals surface area contributed by atoms with Gasteiger partial charge < -0.3 is 26.0 Å². The number of carbonyl (C=O) groups is 4. The zero-order valence-electron chi connectivity index (χ0n) is 20.8. The number of benzene rings is 3. The molecule has 12 heteroatoms. The van der Waals surface area contributed by atoms with Crippen LogP contribution in [0.2, 0.25) is 0 Å². The van der Waals surface area contributed by atoms with E-state index in [1.165, 1.54) is 7.05 Å². The smallest absolute Gasteiger partial charge is 0.295 e. The molecule has 0 saturated carbocycles. The quantitative estimate of drug-likeness (QED) is 0.309. The van der Waals surface area contributed by atoms with Crippen LogP contribution in [-0.4, -0.2) is 43.9 Å². The van der Waals surface area contributed by atoms with E-state index in [1.807, 2.05) is 56.9 Å². The predicted octanol–water partition coefficient (Wildman–Crippen LogP) is 3.81. The molecular weight excluding hydrogens is 502 g/mol. The zero-order valence-corrected chi connectivity index (χ0v) is 20.8. The van der Waals surface area contributed by atoms with Crippen LogP contribution < -0.4 is 16.4 Å². The van der Waals surface area contributed by atoms with Crippen molar-refractivity contribution in [1.29, 1.82) is 0 Å². The number of nitrogens with zero attached hydrogens (tertiary/aromatic N) is 1. The van der Waals surface area contributed by atoms with Crippen molar-refractivity contribution in [1.82, 2.24) is 5.32 Å². The number of hydrogen-bond donors (Lipinski definition) is 3. The number of nitrogens with one attached hydrogen (secondary N) is 2. The van der Waals surface area contributed by atoms with E-state index in [1.54, 1.807) is 12.1 Å². The van der Waals surface area contributed by atoms with E-state index in [2.05, 4.69) is 16.4 Å².